The standard InChI is InChI=1S/C15H11N3O/c19-14(12-7-3-1-4-8-12)15-17-16-11-18(15)13-9-5-2-6-10-13/h1-11H. The molecule has 0 saturated heterocycles. The van der Waals surface area contributed by atoms with Crippen LogP contribution in [0.3, 0.4) is 0 Å². The van der Waals surface area contributed by atoms with Crippen molar-refractivity contribution in [2.75, 3.05) is 0 Å². The van der Waals surface area contributed by atoms with Crippen molar-refractivity contribution in [3.63, 3.8) is 0 Å². The van der Waals surface area contributed by atoms with E-state index in [1.807, 2.05) is 48.5 Å². The molecule has 92 valence electrons. The quantitative estimate of drug-likeness (QED) is 0.670. The van der Waals surface area contributed by atoms with Crippen LogP contribution in [0.2, 0.25) is 0 Å². The topological polar surface area (TPSA) is 47.8 Å². The largest absolute Gasteiger partial charge is 0.285 e. The third kappa shape index (κ3) is 2.15. The van der Waals surface area contributed by atoms with Crippen LogP contribution in [0.1, 0.15) is 16.2 Å². The van der Waals surface area contributed by atoms with Crippen molar-refractivity contribution in [3.8, 4) is 5.69 Å². The Balaban J connectivity index is 2.04. The van der Waals surface area contributed by atoms with Crippen molar-refractivity contribution in [3.05, 3.63) is 78.4 Å². The Morgan fingerprint density at radius 1 is 0.895 bits per heavy atom. The first kappa shape index (κ1) is 11.3. The van der Waals surface area contributed by atoms with E-state index < -0.39 is 0 Å². The fourth-order valence-corrected chi connectivity index (χ4v) is 1.89. The zero-order valence-electron chi connectivity index (χ0n) is 10.1. The SMILES string of the molecule is O=C(c1ccccc1)c1nncn1-c1ccccc1. The monoisotopic (exact) mass is 249 g/mol. The first-order valence-electron chi connectivity index (χ1n) is 5.91. The Kier molecular flexibility index (Phi) is 2.90. The van der Waals surface area contributed by atoms with Crippen LogP contribution in [0.25, 0.3) is 5.69 Å². The zero-order chi connectivity index (χ0) is 13.1. The van der Waals surface area contributed by atoms with E-state index in [9.17, 15) is 4.79 Å². The van der Waals surface area contributed by atoms with Gasteiger partial charge in [-0.3, -0.25) is 9.36 Å². The van der Waals surface area contributed by atoms with Gasteiger partial charge in [0, 0.05) is 11.3 Å². The highest BCUT2D eigenvalue weighted by molar-refractivity contribution is 6.06. The van der Waals surface area contributed by atoms with Gasteiger partial charge in [0.1, 0.15) is 6.33 Å². The lowest BCUT2D eigenvalue weighted by Gasteiger charge is -2.05. The molecule has 0 N–H and O–H groups in total. The Bertz CT molecular complexity index is 690. The first-order chi connectivity index (χ1) is 9.36. The summed E-state index contributed by atoms with van der Waals surface area (Å²) in [6.45, 7) is 0. The molecule has 0 aliphatic heterocycles. The number of para-hydroxylation sites is 1. The molecule has 0 atom stereocenters. The number of carbonyl (C=O) groups excluding carboxylic acids is 1. The van der Waals surface area contributed by atoms with Gasteiger partial charge < -0.3 is 0 Å². The molecular formula is C15H11N3O. The van der Waals surface area contributed by atoms with Gasteiger partial charge >= 0.3 is 0 Å². The van der Waals surface area contributed by atoms with E-state index in [2.05, 4.69) is 10.2 Å². The molecule has 0 aliphatic carbocycles. The molecule has 1 heterocycles. The number of benzene rings is 2. The second kappa shape index (κ2) is 4.86. The fourth-order valence-electron chi connectivity index (χ4n) is 1.89. The molecule has 3 rings (SSSR count). The first-order valence-corrected chi connectivity index (χ1v) is 5.91. The number of hydrogen-bond donors (Lipinski definition) is 0. The lowest BCUT2D eigenvalue weighted by Crippen LogP contribution is -2.09. The van der Waals surface area contributed by atoms with E-state index >= 15 is 0 Å². The van der Waals surface area contributed by atoms with E-state index in [0.717, 1.165) is 5.69 Å². The van der Waals surface area contributed by atoms with Gasteiger partial charge in [-0.1, -0.05) is 48.5 Å². The molecule has 3 aromatic rings. The highest BCUT2D eigenvalue weighted by Crippen LogP contribution is 2.12. The number of hydrogen-bond acceptors (Lipinski definition) is 3. The number of rotatable bonds is 3. The van der Waals surface area contributed by atoms with Crippen molar-refractivity contribution in [1.82, 2.24) is 14.8 Å². The zero-order valence-corrected chi connectivity index (χ0v) is 10.1. The van der Waals surface area contributed by atoms with Gasteiger partial charge in [0.05, 0.1) is 0 Å². The van der Waals surface area contributed by atoms with Crippen LogP contribution >= 0.6 is 0 Å². The highest BCUT2D eigenvalue weighted by atomic mass is 16.1. The smallest absolute Gasteiger partial charge is 0.230 e. The minimum atomic E-state index is -0.137. The molecule has 0 radical (unpaired) electrons. The van der Waals surface area contributed by atoms with E-state index in [0.29, 0.717) is 11.4 Å². The summed E-state index contributed by atoms with van der Waals surface area (Å²) in [5.41, 5.74) is 1.47. The second-order valence-corrected chi connectivity index (χ2v) is 4.06. The van der Waals surface area contributed by atoms with E-state index in [1.54, 1.807) is 23.0 Å². The molecule has 19 heavy (non-hydrogen) atoms. The Morgan fingerprint density at radius 3 is 2.21 bits per heavy atom. The van der Waals surface area contributed by atoms with Crippen LogP contribution in [-0.2, 0) is 0 Å². The Hall–Kier alpha value is -2.75. The number of aromatic nitrogens is 3. The van der Waals surface area contributed by atoms with Gasteiger partial charge in [-0.15, -0.1) is 10.2 Å². The summed E-state index contributed by atoms with van der Waals surface area (Å²) in [5.74, 6) is 0.180. The van der Waals surface area contributed by atoms with Gasteiger partial charge in [-0.2, -0.15) is 0 Å². The maximum Gasteiger partial charge on any atom is 0.230 e. The molecule has 0 unspecified atom stereocenters. The predicted octanol–water partition coefficient (Wildman–Crippen LogP) is 2.50. The summed E-state index contributed by atoms with van der Waals surface area (Å²) >= 11 is 0. The summed E-state index contributed by atoms with van der Waals surface area (Å²) in [6, 6.07) is 18.6. The molecule has 0 amide bonds. The minimum absolute atomic E-state index is 0.137. The molecule has 0 saturated carbocycles. The van der Waals surface area contributed by atoms with Gasteiger partial charge in [-0.05, 0) is 12.1 Å². The van der Waals surface area contributed by atoms with Gasteiger partial charge in [0.15, 0.2) is 0 Å². The Labute approximate surface area is 110 Å². The molecular weight excluding hydrogens is 238 g/mol. The molecule has 4 nitrogen and oxygen atoms in total. The van der Waals surface area contributed by atoms with Gasteiger partial charge in [-0.25, -0.2) is 0 Å². The van der Waals surface area contributed by atoms with Crippen molar-refractivity contribution < 1.29 is 4.79 Å². The summed E-state index contributed by atoms with van der Waals surface area (Å²) in [7, 11) is 0. The van der Waals surface area contributed by atoms with E-state index in [1.165, 1.54) is 0 Å². The lowest BCUT2D eigenvalue weighted by molar-refractivity contribution is 0.102. The van der Waals surface area contributed by atoms with Crippen molar-refractivity contribution >= 4 is 5.78 Å². The molecule has 4 heteroatoms. The average Bonchev–Trinajstić information content (AvgIpc) is 2.98. The number of carbonyl (C=O) groups is 1. The van der Waals surface area contributed by atoms with Gasteiger partial charge in [0.2, 0.25) is 11.6 Å². The summed E-state index contributed by atoms with van der Waals surface area (Å²) in [4.78, 5) is 12.4. The normalized spacial score (nSPS) is 10.3. The van der Waals surface area contributed by atoms with E-state index in [-0.39, 0.29) is 5.78 Å². The minimum Gasteiger partial charge on any atom is -0.285 e. The van der Waals surface area contributed by atoms with Crippen LogP contribution < -0.4 is 0 Å². The van der Waals surface area contributed by atoms with Crippen LogP contribution in [0.4, 0.5) is 0 Å². The fraction of sp³-hybridized carbons (Fsp3) is 0. The highest BCUT2D eigenvalue weighted by Gasteiger charge is 2.16. The number of ketones is 1. The molecule has 1 aromatic heterocycles. The summed E-state index contributed by atoms with van der Waals surface area (Å²) < 4.78 is 1.69. The van der Waals surface area contributed by atoms with Crippen molar-refractivity contribution in [1.29, 1.82) is 0 Å². The van der Waals surface area contributed by atoms with Crippen LogP contribution in [0.15, 0.2) is 67.0 Å². The molecule has 0 bridgehead atoms. The van der Waals surface area contributed by atoms with Gasteiger partial charge in [0.25, 0.3) is 0 Å². The van der Waals surface area contributed by atoms with Crippen LogP contribution in [-0.4, -0.2) is 20.5 Å². The van der Waals surface area contributed by atoms with E-state index in [4.69, 9.17) is 0 Å². The third-order valence-corrected chi connectivity index (χ3v) is 2.82. The maximum atomic E-state index is 12.4. The maximum absolute atomic E-state index is 12.4. The predicted molar refractivity (Wildman–Crippen MR) is 71.2 cm³/mol. The van der Waals surface area contributed by atoms with Crippen LogP contribution in [0, 0.1) is 0 Å². The van der Waals surface area contributed by atoms with Crippen LogP contribution in [0.5, 0.6) is 0 Å². The summed E-state index contributed by atoms with van der Waals surface area (Å²) in [5, 5.41) is 7.77. The Morgan fingerprint density at radius 2 is 1.53 bits per heavy atom. The lowest BCUT2D eigenvalue weighted by atomic mass is 10.1. The third-order valence-electron chi connectivity index (χ3n) is 2.82. The second-order valence-electron chi connectivity index (χ2n) is 4.06. The van der Waals surface area contributed by atoms with Crippen molar-refractivity contribution in [2.45, 2.75) is 0 Å². The molecule has 0 spiro atoms. The summed E-state index contributed by atoms with van der Waals surface area (Å²) in [6.07, 6.45) is 1.55. The van der Waals surface area contributed by atoms with Crippen molar-refractivity contribution in [2.24, 2.45) is 0 Å². The molecule has 0 aliphatic rings. The molecule has 2 aromatic carbocycles. The number of nitrogens with zero attached hydrogens (tertiary/aromatic N) is 3. The average molecular weight is 249 g/mol. The molecule has 0 fully saturated rings.